The van der Waals surface area contributed by atoms with E-state index in [-0.39, 0.29) is 16.9 Å². The summed E-state index contributed by atoms with van der Waals surface area (Å²) in [4.78, 5) is 24.0. The molecule has 1 aromatic heterocycles. The molecule has 2 rings (SSSR count). The van der Waals surface area contributed by atoms with Crippen molar-refractivity contribution in [1.29, 1.82) is 0 Å². The van der Waals surface area contributed by atoms with Gasteiger partial charge in [0.15, 0.2) is 0 Å². The van der Waals surface area contributed by atoms with Gasteiger partial charge in [-0.3, -0.25) is 9.78 Å². The van der Waals surface area contributed by atoms with Crippen LogP contribution in [0.25, 0.3) is 0 Å². The van der Waals surface area contributed by atoms with Crippen molar-refractivity contribution in [2.75, 3.05) is 0 Å². The van der Waals surface area contributed by atoms with Crippen LogP contribution in [-0.4, -0.2) is 21.2 Å². The van der Waals surface area contributed by atoms with Crippen molar-refractivity contribution in [2.24, 2.45) is 10.2 Å². The minimum absolute atomic E-state index is 0.00448. The summed E-state index contributed by atoms with van der Waals surface area (Å²) in [6.45, 7) is 0. The number of aromatic hydroxyl groups is 1. The van der Waals surface area contributed by atoms with Gasteiger partial charge in [0.2, 0.25) is 5.88 Å². The zero-order chi connectivity index (χ0) is 13.8. The normalized spacial score (nSPS) is 10.7. The smallest absolute Gasteiger partial charge is 0.337 e. The first-order chi connectivity index (χ1) is 9.08. The van der Waals surface area contributed by atoms with Gasteiger partial charge < -0.3 is 10.2 Å². The average molecular weight is 259 g/mol. The molecule has 0 aliphatic heterocycles. The molecule has 0 saturated heterocycles. The summed E-state index contributed by atoms with van der Waals surface area (Å²) >= 11 is 0. The Hall–Kier alpha value is -2.96. The van der Waals surface area contributed by atoms with Gasteiger partial charge in [-0.05, 0) is 18.2 Å². The summed E-state index contributed by atoms with van der Waals surface area (Å²) in [5.74, 6) is -1.55. The fourth-order valence-corrected chi connectivity index (χ4v) is 1.39. The SMILES string of the molecule is O=C(O)c1ccccc1N=Nc1ccc(=O)[nH]c1O. The summed E-state index contributed by atoms with van der Waals surface area (Å²) in [5.41, 5.74) is -0.280. The summed E-state index contributed by atoms with van der Waals surface area (Å²) in [7, 11) is 0. The fourth-order valence-electron chi connectivity index (χ4n) is 1.39. The summed E-state index contributed by atoms with van der Waals surface area (Å²) in [5, 5.41) is 25.8. The largest absolute Gasteiger partial charge is 0.493 e. The maximum Gasteiger partial charge on any atom is 0.337 e. The van der Waals surface area contributed by atoms with Crippen LogP contribution in [0.3, 0.4) is 0 Å². The molecule has 1 heterocycles. The van der Waals surface area contributed by atoms with Gasteiger partial charge in [-0.2, -0.15) is 0 Å². The van der Waals surface area contributed by atoms with Gasteiger partial charge >= 0.3 is 5.97 Å². The van der Waals surface area contributed by atoms with E-state index in [0.717, 1.165) is 0 Å². The Labute approximate surface area is 106 Å². The second-order valence-corrected chi connectivity index (χ2v) is 3.58. The standard InChI is InChI=1S/C12H9N3O4/c16-10-6-5-9(11(17)13-10)15-14-8-4-2-1-3-7(8)12(18)19/h1-6H,(H,18,19)(H2,13,16,17). The predicted octanol–water partition coefficient (Wildman–Crippen LogP) is 2.19. The van der Waals surface area contributed by atoms with Crippen molar-refractivity contribution >= 4 is 17.3 Å². The Kier molecular flexibility index (Phi) is 3.37. The van der Waals surface area contributed by atoms with Crippen LogP contribution in [0.2, 0.25) is 0 Å². The lowest BCUT2D eigenvalue weighted by Gasteiger charge is -1.99. The Balaban J connectivity index is 2.38. The number of azo groups is 1. The molecule has 2 aromatic rings. The third kappa shape index (κ3) is 2.83. The number of carboxylic acid groups (broad SMARTS) is 1. The number of hydrogen-bond acceptors (Lipinski definition) is 5. The van der Waals surface area contributed by atoms with Gasteiger partial charge in [0.25, 0.3) is 5.56 Å². The first-order valence-corrected chi connectivity index (χ1v) is 5.24. The van der Waals surface area contributed by atoms with Crippen LogP contribution >= 0.6 is 0 Å². The first-order valence-electron chi connectivity index (χ1n) is 5.24. The third-order valence-corrected chi connectivity index (χ3v) is 2.28. The predicted molar refractivity (Wildman–Crippen MR) is 66.3 cm³/mol. The molecule has 0 amide bonds. The van der Waals surface area contributed by atoms with Crippen LogP contribution in [0.15, 0.2) is 51.4 Å². The molecule has 0 fully saturated rings. The number of pyridine rings is 1. The van der Waals surface area contributed by atoms with Gasteiger partial charge in [0.05, 0.1) is 5.56 Å². The van der Waals surface area contributed by atoms with Crippen molar-refractivity contribution in [2.45, 2.75) is 0 Å². The van der Waals surface area contributed by atoms with Gasteiger partial charge in [-0.1, -0.05) is 12.1 Å². The fraction of sp³-hybridized carbons (Fsp3) is 0. The number of benzene rings is 1. The molecular formula is C12H9N3O4. The topological polar surface area (TPSA) is 115 Å². The molecule has 0 saturated carbocycles. The summed E-state index contributed by atoms with van der Waals surface area (Å²) in [6, 6.07) is 8.52. The molecule has 0 aliphatic rings. The van der Waals surface area contributed by atoms with Crippen LogP contribution in [-0.2, 0) is 0 Å². The first kappa shape index (κ1) is 12.5. The van der Waals surface area contributed by atoms with Crippen molar-refractivity contribution in [3.63, 3.8) is 0 Å². The molecule has 0 radical (unpaired) electrons. The van der Waals surface area contributed by atoms with Gasteiger partial charge in [0.1, 0.15) is 11.4 Å². The maximum atomic E-state index is 10.9. The van der Waals surface area contributed by atoms with E-state index in [1.54, 1.807) is 12.1 Å². The van der Waals surface area contributed by atoms with Gasteiger partial charge in [0, 0.05) is 6.07 Å². The molecule has 0 spiro atoms. The van der Waals surface area contributed by atoms with E-state index in [4.69, 9.17) is 5.11 Å². The Morgan fingerprint density at radius 1 is 1.05 bits per heavy atom. The number of aromatic amines is 1. The minimum atomic E-state index is -1.12. The monoisotopic (exact) mass is 259 g/mol. The summed E-state index contributed by atoms with van der Waals surface area (Å²) < 4.78 is 0. The average Bonchev–Trinajstić information content (AvgIpc) is 2.38. The van der Waals surface area contributed by atoms with Crippen LogP contribution in [0.5, 0.6) is 5.88 Å². The number of nitrogens with one attached hydrogen (secondary N) is 1. The third-order valence-electron chi connectivity index (χ3n) is 2.28. The molecule has 0 aliphatic carbocycles. The van der Waals surface area contributed by atoms with Crippen LogP contribution in [0.1, 0.15) is 10.4 Å². The molecule has 3 N–H and O–H groups in total. The van der Waals surface area contributed by atoms with Crippen molar-refractivity contribution in [1.82, 2.24) is 4.98 Å². The number of H-pyrrole nitrogens is 1. The van der Waals surface area contributed by atoms with E-state index in [0.29, 0.717) is 0 Å². The minimum Gasteiger partial charge on any atom is -0.493 e. The molecule has 96 valence electrons. The maximum absolute atomic E-state index is 10.9. The molecule has 1 aromatic carbocycles. The van der Waals surface area contributed by atoms with Crippen molar-refractivity contribution in [3.8, 4) is 5.88 Å². The second-order valence-electron chi connectivity index (χ2n) is 3.58. The number of aromatic carboxylic acids is 1. The van der Waals surface area contributed by atoms with E-state index in [1.165, 1.54) is 24.3 Å². The number of carboxylic acids is 1. The Morgan fingerprint density at radius 2 is 1.74 bits per heavy atom. The number of carbonyl (C=O) groups is 1. The highest BCUT2D eigenvalue weighted by molar-refractivity contribution is 5.93. The summed E-state index contributed by atoms with van der Waals surface area (Å²) in [6.07, 6.45) is 0. The Bertz CT molecular complexity index is 706. The highest BCUT2D eigenvalue weighted by Crippen LogP contribution is 2.25. The van der Waals surface area contributed by atoms with E-state index in [9.17, 15) is 14.7 Å². The molecule has 7 heteroatoms. The number of nitrogens with zero attached hydrogens (tertiary/aromatic N) is 2. The molecule has 0 unspecified atom stereocenters. The van der Waals surface area contributed by atoms with Crippen LogP contribution in [0.4, 0.5) is 11.4 Å². The Morgan fingerprint density at radius 3 is 2.42 bits per heavy atom. The highest BCUT2D eigenvalue weighted by atomic mass is 16.4. The molecule has 0 bridgehead atoms. The lowest BCUT2D eigenvalue weighted by molar-refractivity contribution is 0.0698. The van der Waals surface area contributed by atoms with E-state index >= 15 is 0 Å². The number of aromatic nitrogens is 1. The lowest BCUT2D eigenvalue weighted by atomic mass is 10.2. The van der Waals surface area contributed by atoms with Crippen molar-refractivity contribution < 1.29 is 15.0 Å². The number of hydrogen-bond donors (Lipinski definition) is 3. The zero-order valence-corrected chi connectivity index (χ0v) is 9.57. The second kappa shape index (κ2) is 5.13. The quantitative estimate of drug-likeness (QED) is 0.732. The molecule has 19 heavy (non-hydrogen) atoms. The van der Waals surface area contributed by atoms with Crippen LogP contribution in [0, 0.1) is 0 Å². The van der Waals surface area contributed by atoms with Crippen LogP contribution < -0.4 is 5.56 Å². The lowest BCUT2D eigenvalue weighted by Crippen LogP contribution is -2.01. The van der Waals surface area contributed by atoms with Crippen molar-refractivity contribution in [3.05, 3.63) is 52.3 Å². The van der Waals surface area contributed by atoms with E-state index < -0.39 is 17.4 Å². The van der Waals surface area contributed by atoms with Gasteiger partial charge in [-0.15, -0.1) is 10.2 Å². The molecule has 7 nitrogen and oxygen atoms in total. The van der Waals surface area contributed by atoms with E-state index in [1.807, 2.05) is 0 Å². The zero-order valence-electron chi connectivity index (χ0n) is 9.57. The molecule has 0 atom stereocenters. The molecular weight excluding hydrogens is 250 g/mol. The van der Waals surface area contributed by atoms with Gasteiger partial charge in [-0.25, -0.2) is 4.79 Å². The highest BCUT2D eigenvalue weighted by Gasteiger charge is 2.08. The number of rotatable bonds is 3. The van der Waals surface area contributed by atoms with E-state index in [2.05, 4.69) is 15.2 Å².